The molecule has 2 aliphatic rings. The number of amides is 1. The van der Waals surface area contributed by atoms with Crippen LogP contribution >= 0.6 is 0 Å². The van der Waals surface area contributed by atoms with Crippen LogP contribution in [-0.2, 0) is 16.0 Å². The van der Waals surface area contributed by atoms with Gasteiger partial charge in [-0.3, -0.25) is 9.69 Å². The topological polar surface area (TPSA) is 51.2 Å². The summed E-state index contributed by atoms with van der Waals surface area (Å²) in [7, 11) is 3.26. The first-order valence-electron chi connectivity index (χ1n) is 9.98. The fourth-order valence-corrected chi connectivity index (χ4v) is 4.19. The first-order valence-corrected chi connectivity index (χ1v) is 9.98. The molecule has 0 radical (unpaired) electrons. The van der Waals surface area contributed by atoms with E-state index in [1.807, 2.05) is 23.1 Å². The molecule has 1 amide bonds. The summed E-state index contributed by atoms with van der Waals surface area (Å²) in [6.07, 6.45) is 3.56. The molecule has 2 fully saturated rings. The molecule has 1 aromatic carbocycles. The van der Waals surface area contributed by atoms with Crippen molar-refractivity contribution in [2.75, 3.05) is 47.1 Å². The molecule has 3 rings (SSSR count). The standard InChI is InChI=1S/C21H32N2O4/c1-4-5-17-14-27-15-18-13-22(10-11-23(17)18)21(24)9-7-16-6-8-19(25-2)20(12-16)26-3/h6,8,12,17-18H,4-5,7,9-11,13-15H2,1-3H3/t17-,18+/m0/s1. The summed E-state index contributed by atoms with van der Waals surface area (Å²) < 4.78 is 16.4. The number of morpholine rings is 1. The fraction of sp³-hybridized carbons (Fsp3) is 0.667. The third-order valence-electron chi connectivity index (χ3n) is 5.67. The van der Waals surface area contributed by atoms with Gasteiger partial charge in [-0.25, -0.2) is 0 Å². The van der Waals surface area contributed by atoms with Gasteiger partial charge in [0.1, 0.15) is 0 Å². The minimum atomic E-state index is 0.224. The lowest BCUT2D eigenvalue weighted by atomic mass is 10.0. The highest BCUT2D eigenvalue weighted by Crippen LogP contribution is 2.28. The normalized spacial score (nSPS) is 23.0. The second-order valence-electron chi connectivity index (χ2n) is 7.40. The van der Waals surface area contributed by atoms with Gasteiger partial charge in [0, 0.05) is 32.1 Å². The van der Waals surface area contributed by atoms with Gasteiger partial charge >= 0.3 is 0 Å². The molecule has 0 spiro atoms. The molecule has 1 aromatic rings. The van der Waals surface area contributed by atoms with Crippen LogP contribution in [0.2, 0.25) is 0 Å². The maximum absolute atomic E-state index is 12.7. The maximum Gasteiger partial charge on any atom is 0.223 e. The number of piperazine rings is 1. The van der Waals surface area contributed by atoms with E-state index in [1.54, 1.807) is 14.2 Å². The number of aryl methyl sites for hydroxylation is 1. The number of benzene rings is 1. The van der Waals surface area contributed by atoms with E-state index >= 15 is 0 Å². The summed E-state index contributed by atoms with van der Waals surface area (Å²) in [5.41, 5.74) is 1.09. The van der Waals surface area contributed by atoms with Crippen LogP contribution in [0.15, 0.2) is 18.2 Å². The average molecular weight is 376 g/mol. The van der Waals surface area contributed by atoms with Crippen molar-refractivity contribution in [1.82, 2.24) is 9.80 Å². The Hall–Kier alpha value is -1.79. The number of fused-ring (bicyclic) bond motifs is 1. The second-order valence-corrected chi connectivity index (χ2v) is 7.40. The predicted octanol–water partition coefficient (Wildman–Crippen LogP) is 2.35. The van der Waals surface area contributed by atoms with E-state index in [9.17, 15) is 4.79 Å². The Kier molecular flexibility index (Phi) is 6.96. The molecule has 0 unspecified atom stereocenters. The summed E-state index contributed by atoms with van der Waals surface area (Å²) in [5, 5.41) is 0. The summed E-state index contributed by atoms with van der Waals surface area (Å²) >= 11 is 0. The van der Waals surface area contributed by atoms with Gasteiger partial charge in [-0.1, -0.05) is 19.4 Å². The molecular formula is C21H32N2O4. The number of rotatable bonds is 7. The second kappa shape index (κ2) is 9.42. The van der Waals surface area contributed by atoms with Gasteiger partial charge in [0.25, 0.3) is 0 Å². The smallest absolute Gasteiger partial charge is 0.223 e. The van der Waals surface area contributed by atoms with Crippen LogP contribution < -0.4 is 9.47 Å². The van der Waals surface area contributed by atoms with Gasteiger partial charge in [0.05, 0.1) is 33.5 Å². The molecule has 6 nitrogen and oxygen atoms in total. The number of methoxy groups -OCH3 is 2. The third kappa shape index (κ3) is 4.74. The van der Waals surface area contributed by atoms with Crippen LogP contribution in [0.4, 0.5) is 0 Å². The third-order valence-corrected chi connectivity index (χ3v) is 5.67. The minimum absolute atomic E-state index is 0.224. The monoisotopic (exact) mass is 376 g/mol. The Morgan fingerprint density at radius 3 is 2.74 bits per heavy atom. The van der Waals surface area contributed by atoms with Crippen molar-refractivity contribution in [3.63, 3.8) is 0 Å². The molecule has 6 heteroatoms. The maximum atomic E-state index is 12.7. The molecule has 2 heterocycles. The van der Waals surface area contributed by atoms with Crippen molar-refractivity contribution in [1.29, 1.82) is 0 Å². The van der Waals surface area contributed by atoms with Crippen LogP contribution in [-0.4, -0.2) is 74.9 Å². The van der Waals surface area contributed by atoms with Crippen LogP contribution in [0, 0.1) is 0 Å². The number of hydrogen-bond acceptors (Lipinski definition) is 5. The van der Waals surface area contributed by atoms with Gasteiger partial charge in [-0.15, -0.1) is 0 Å². The molecule has 0 bridgehead atoms. The van der Waals surface area contributed by atoms with E-state index in [0.717, 1.165) is 38.4 Å². The van der Waals surface area contributed by atoms with Gasteiger partial charge in [0.15, 0.2) is 11.5 Å². The molecule has 0 saturated carbocycles. The van der Waals surface area contributed by atoms with E-state index < -0.39 is 0 Å². The molecular weight excluding hydrogens is 344 g/mol. The first-order chi connectivity index (χ1) is 13.2. The summed E-state index contributed by atoms with van der Waals surface area (Å²) in [6, 6.07) is 6.70. The SMILES string of the molecule is CCC[C@H]1COC[C@H]2CN(C(=O)CCc3ccc(OC)c(OC)c3)CCN12. The molecule has 2 saturated heterocycles. The van der Waals surface area contributed by atoms with E-state index in [2.05, 4.69) is 11.8 Å². The molecule has 0 aromatic heterocycles. The lowest BCUT2D eigenvalue weighted by molar-refractivity contribution is -0.139. The Morgan fingerprint density at radius 2 is 2.00 bits per heavy atom. The van der Waals surface area contributed by atoms with Crippen molar-refractivity contribution < 1.29 is 19.0 Å². The quantitative estimate of drug-likeness (QED) is 0.731. The van der Waals surface area contributed by atoms with Gasteiger partial charge in [-0.05, 0) is 30.5 Å². The molecule has 27 heavy (non-hydrogen) atoms. The average Bonchev–Trinajstić information content (AvgIpc) is 2.71. The Bertz CT molecular complexity index is 635. The van der Waals surface area contributed by atoms with Gasteiger partial charge in [-0.2, -0.15) is 0 Å². The molecule has 0 aliphatic carbocycles. The lowest BCUT2D eigenvalue weighted by Gasteiger charge is -2.48. The van der Waals surface area contributed by atoms with E-state index in [1.165, 1.54) is 12.8 Å². The van der Waals surface area contributed by atoms with Crippen molar-refractivity contribution in [3.05, 3.63) is 23.8 Å². The van der Waals surface area contributed by atoms with Crippen molar-refractivity contribution in [3.8, 4) is 11.5 Å². The Balaban J connectivity index is 1.53. The zero-order chi connectivity index (χ0) is 19.2. The predicted molar refractivity (Wildman–Crippen MR) is 104 cm³/mol. The van der Waals surface area contributed by atoms with Crippen molar-refractivity contribution >= 4 is 5.91 Å². The van der Waals surface area contributed by atoms with E-state index in [4.69, 9.17) is 14.2 Å². The van der Waals surface area contributed by atoms with Gasteiger partial charge < -0.3 is 19.1 Å². The molecule has 2 aliphatic heterocycles. The number of nitrogens with zero attached hydrogens (tertiary/aromatic N) is 2. The zero-order valence-corrected chi connectivity index (χ0v) is 16.8. The lowest BCUT2D eigenvalue weighted by Crippen LogP contribution is -2.62. The first kappa shape index (κ1) is 20.0. The molecule has 150 valence electrons. The van der Waals surface area contributed by atoms with Crippen LogP contribution in [0.1, 0.15) is 31.7 Å². The highest BCUT2D eigenvalue weighted by Gasteiger charge is 2.36. The highest BCUT2D eigenvalue weighted by atomic mass is 16.5. The number of carbonyl (C=O) groups is 1. The Labute approximate surface area is 162 Å². The summed E-state index contributed by atoms with van der Waals surface area (Å²) in [4.78, 5) is 17.3. The highest BCUT2D eigenvalue weighted by molar-refractivity contribution is 5.76. The van der Waals surface area contributed by atoms with Crippen LogP contribution in [0.25, 0.3) is 0 Å². The van der Waals surface area contributed by atoms with Crippen molar-refractivity contribution in [2.45, 2.75) is 44.7 Å². The number of carbonyl (C=O) groups excluding carboxylic acids is 1. The summed E-state index contributed by atoms with van der Waals surface area (Å²) in [5.74, 6) is 1.64. The largest absolute Gasteiger partial charge is 0.493 e. The van der Waals surface area contributed by atoms with E-state index in [-0.39, 0.29) is 5.91 Å². The minimum Gasteiger partial charge on any atom is -0.493 e. The molecule has 0 N–H and O–H groups in total. The van der Waals surface area contributed by atoms with Gasteiger partial charge in [0.2, 0.25) is 5.91 Å². The fourth-order valence-electron chi connectivity index (χ4n) is 4.19. The number of hydrogen-bond donors (Lipinski definition) is 0. The van der Waals surface area contributed by atoms with E-state index in [0.29, 0.717) is 36.4 Å². The Morgan fingerprint density at radius 1 is 1.19 bits per heavy atom. The summed E-state index contributed by atoms with van der Waals surface area (Å²) in [6.45, 7) is 6.35. The number of ether oxygens (including phenoxy) is 3. The molecule has 2 atom stereocenters. The van der Waals surface area contributed by atoms with Crippen LogP contribution in [0.3, 0.4) is 0 Å². The zero-order valence-electron chi connectivity index (χ0n) is 16.8. The van der Waals surface area contributed by atoms with Crippen molar-refractivity contribution in [2.24, 2.45) is 0 Å². The van der Waals surface area contributed by atoms with Crippen LogP contribution in [0.5, 0.6) is 11.5 Å².